The Morgan fingerprint density at radius 1 is 1.17 bits per heavy atom. The Morgan fingerprint density at radius 2 is 1.97 bits per heavy atom. The van der Waals surface area contributed by atoms with Crippen molar-refractivity contribution < 1.29 is 9.18 Å². The quantitative estimate of drug-likeness (QED) is 0.399. The molecule has 0 aliphatic heterocycles. The van der Waals surface area contributed by atoms with Crippen molar-refractivity contribution in [3.8, 4) is 0 Å². The zero-order chi connectivity index (χ0) is 20.8. The van der Waals surface area contributed by atoms with Gasteiger partial charge in [-0.2, -0.15) is 9.97 Å². The summed E-state index contributed by atoms with van der Waals surface area (Å²) >= 11 is 4.46. The molecule has 0 bridgehead atoms. The zero-order valence-electron chi connectivity index (χ0n) is 15.9. The van der Waals surface area contributed by atoms with Crippen LogP contribution >= 0.6 is 27.7 Å². The minimum absolute atomic E-state index is 0.123. The lowest BCUT2D eigenvalue weighted by Crippen LogP contribution is -2.24. The molecule has 0 unspecified atom stereocenters. The smallest absolute Gasteiger partial charge is 0.261 e. The molecule has 3 rings (SSSR count). The van der Waals surface area contributed by atoms with Gasteiger partial charge in [-0.05, 0) is 37.6 Å². The van der Waals surface area contributed by atoms with Gasteiger partial charge in [-0.3, -0.25) is 4.79 Å². The predicted molar refractivity (Wildman–Crippen MR) is 114 cm³/mol. The molecule has 2 heterocycles. The van der Waals surface area contributed by atoms with Crippen molar-refractivity contribution in [3.63, 3.8) is 0 Å². The molecule has 3 N–H and O–H groups in total. The van der Waals surface area contributed by atoms with Crippen molar-refractivity contribution in [1.82, 2.24) is 29.9 Å². The summed E-state index contributed by atoms with van der Waals surface area (Å²) in [6.07, 6.45) is 0. The first-order valence-corrected chi connectivity index (χ1v) is 10.7. The Morgan fingerprint density at radius 3 is 2.69 bits per heavy atom. The second kappa shape index (κ2) is 9.83. The van der Waals surface area contributed by atoms with E-state index in [0.29, 0.717) is 46.0 Å². The number of nitrogens with one attached hydrogen (secondary N) is 3. The molecule has 0 spiro atoms. The second-order valence-electron chi connectivity index (χ2n) is 5.89. The normalized spacial score (nSPS) is 10.9. The standard InChI is InChI=1S/C17H20BrFN8OS/c1-3-20-14-23-15(21-4-2)27-16(24-14)25-26-17(27)29-9-13(28)22-8-10-5-11(18)7-12(19)6-10/h5-7H,3-4,8-9H2,1-2H3,(H,22,28)(H2,20,21,23,24,25). The summed E-state index contributed by atoms with van der Waals surface area (Å²) in [7, 11) is 0. The maximum Gasteiger partial charge on any atom is 0.261 e. The molecule has 1 aromatic carbocycles. The van der Waals surface area contributed by atoms with Crippen LogP contribution < -0.4 is 16.0 Å². The molecule has 12 heteroatoms. The third kappa shape index (κ3) is 5.54. The van der Waals surface area contributed by atoms with E-state index >= 15 is 0 Å². The van der Waals surface area contributed by atoms with Crippen LogP contribution in [0, 0.1) is 5.82 Å². The van der Waals surface area contributed by atoms with Gasteiger partial charge in [0.2, 0.25) is 17.8 Å². The maximum absolute atomic E-state index is 13.4. The molecular weight excluding hydrogens is 463 g/mol. The van der Waals surface area contributed by atoms with E-state index in [0.717, 1.165) is 0 Å². The van der Waals surface area contributed by atoms with Gasteiger partial charge in [0.1, 0.15) is 5.82 Å². The molecule has 0 aliphatic carbocycles. The van der Waals surface area contributed by atoms with E-state index in [2.05, 4.69) is 52.0 Å². The number of aromatic nitrogens is 5. The van der Waals surface area contributed by atoms with Crippen LogP contribution in [-0.4, -0.2) is 49.3 Å². The van der Waals surface area contributed by atoms with Gasteiger partial charge in [0, 0.05) is 24.1 Å². The number of carbonyl (C=O) groups is 1. The van der Waals surface area contributed by atoms with Crippen LogP contribution in [0.1, 0.15) is 19.4 Å². The van der Waals surface area contributed by atoms with Gasteiger partial charge in [-0.15, -0.1) is 10.2 Å². The summed E-state index contributed by atoms with van der Waals surface area (Å²) in [4.78, 5) is 21.0. The van der Waals surface area contributed by atoms with Gasteiger partial charge in [0.15, 0.2) is 5.16 Å². The number of fused-ring (bicyclic) bond motifs is 1. The highest BCUT2D eigenvalue weighted by Gasteiger charge is 2.15. The fraction of sp³-hybridized carbons (Fsp3) is 0.353. The highest BCUT2D eigenvalue weighted by atomic mass is 79.9. The zero-order valence-corrected chi connectivity index (χ0v) is 18.3. The third-order valence-electron chi connectivity index (χ3n) is 3.66. The Hall–Kier alpha value is -2.47. The topological polar surface area (TPSA) is 109 Å². The van der Waals surface area contributed by atoms with E-state index in [-0.39, 0.29) is 24.0 Å². The second-order valence-corrected chi connectivity index (χ2v) is 7.75. The van der Waals surface area contributed by atoms with Gasteiger partial charge in [0.05, 0.1) is 5.75 Å². The summed E-state index contributed by atoms with van der Waals surface area (Å²) in [5.74, 6) is 0.949. The van der Waals surface area contributed by atoms with E-state index in [9.17, 15) is 9.18 Å². The number of hydrogen-bond donors (Lipinski definition) is 3. The summed E-state index contributed by atoms with van der Waals surface area (Å²) < 4.78 is 15.7. The maximum atomic E-state index is 13.4. The van der Waals surface area contributed by atoms with Crippen LogP contribution in [0.4, 0.5) is 16.3 Å². The first kappa shape index (κ1) is 21.2. The Labute approximate surface area is 179 Å². The lowest BCUT2D eigenvalue weighted by atomic mass is 10.2. The molecule has 2 aromatic heterocycles. The largest absolute Gasteiger partial charge is 0.355 e. The summed E-state index contributed by atoms with van der Waals surface area (Å²) in [5.41, 5.74) is 0.668. The highest BCUT2D eigenvalue weighted by Crippen LogP contribution is 2.21. The van der Waals surface area contributed by atoms with E-state index in [1.165, 1.54) is 23.9 Å². The van der Waals surface area contributed by atoms with Crippen LogP contribution in [0.25, 0.3) is 5.78 Å². The Balaban J connectivity index is 1.67. The number of anilines is 2. The lowest BCUT2D eigenvalue weighted by molar-refractivity contribution is -0.118. The Bertz CT molecular complexity index is 994. The predicted octanol–water partition coefficient (Wildman–Crippen LogP) is 2.69. The number of hydrogen-bond acceptors (Lipinski definition) is 8. The molecule has 0 fully saturated rings. The fourth-order valence-corrected chi connectivity index (χ4v) is 3.76. The van der Waals surface area contributed by atoms with E-state index in [1.807, 2.05) is 13.8 Å². The fourth-order valence-electron chi connectivity index (χ4n) is 2.49. The van der Waals surface area contributed by atoms with Crippen LogP contribution in [0.15, 0.2) is 27.8 Å². The molecule has 0 saturated heterocycles. The SMILES string of the molecule is CCNc1nc(NCC)n2c(SCC(=O)NCc3cc(F)cc(Br)c3)nnc2n1. The van der Waals surface area contributed by atoms with Crippen molar-refractivity contribution in [2.45, 2.75) is 25.5 Å². The Kier molecular flexibility index (Phi) is 7.20. The molecular formula is C17H20BrFN8OS. The first-order chi connectivity index (χ1) is 14.0. The van der Waals surface area contributed by atoms with E-state index in [4.69, 9.17) is 0 Å². The average molecular weight is 483 g/mol. The van der Waals surface area contributed by atoms with Crippen LogP contribution in [0.5, 0.6) is 0 Å². The van der Waals surface area contributed by atoms with Crippen LogP contribution in [0.3, 0.4) is 0 Å². The van der Waals surface area contributed by atoms with Gasteiger partial charge in [-0.25, -0.2) is 8.79 Å². The molecule has 0 saturated carbocycles. The van der Waals surface area contributed by atoms with Crippen LogP contribution in [-0.2, 0) is 11.3 Å². The summed E-state index contributed by atoms with van der Waals surface area (Å²) in [6.45, 7) is 5.47. The van der Waals surface area contributed by atoms with E-state index < -0.39 is 0 Å². The van der Waals surface area contributed by atoms with Gasteiger partial charge in [-0.1, -0.05) is 27.7 Å². The number of benzene rings is 1. The van der Waals surface area contributed by atoms with E-state index in [1.54, 1.807) is 10.5 Å². The van der Waals surface area contributed by atoms with Crippen molar-refractivity contribution in [1.29, 1.82) is 0 Å². The van der Waals surface area contributed by atoms with Gasteiger partial charge >= 0.3 is 0 Å². The monoisotopic (exact) mass is 482 g/mol. The summed E-state index contributed by atoms with van der Waals surface area (Å²) in [5, 5.41) is 17.7. The number of thioether (sulfide) groups is 1. The molecule has 3 aromatic rings. The third-order valence-corrected chi connectivity index (χ3v) is 5.05. The van der Waals surface area contributed by atoms with Crippen molar-refractivity contribution in [2.75, 3.05) is 29.5 Å². The number of nitrogens with zero attached hydrogens (tertiary/aromatic N) is 5. The minimum atomic E-state index is -0.360. The number of rotatable bonds is 9. The molecule has 29 heavy (non-hydrogen) atoms. The highest BCUT2D eigenvalue weighted by molar-refractivity contribution is 9.10. The van der Waals surface area contributed by atoms with Crippen LogP contribution in [0.2, 0.25) is 0 Å². The van der Waals surface area contributed by atoms with Crippen molar-refractivity contribution in [2.24, 2.45) is 0 Å². The average Bonchev–Trinajstić information content (AvgIpc) is 3.08. The van der Waals surface area contributed by atoms with Gasteiger partial charge < -0.3 is 16.0 Å². The van der Waals surface area contributed by atoms with Crippen molar-refractivity contribution >= 4 is 51.3 Å². The molecule has 1 amide bonds. The molecule has 0 aliphatic rings. The molecule has 0 atom stereocenters. The first-order valence-electron chi connectivity index (χ1n) is 8.95. The summed E-state index contributed by atoms with van der Waals surface area (Å²) in [6, 6.07) is 4.50. The lowest BCUT2D eigenvalue weighted by Gasteiger charge is -2.09. The number of carbonyl (C=O) groups excluding carboxylic acids is 1. The molecule has 154 valence electrons. The number of amides is 1. The number of halogens is 2. The van der Waals surface area contributed by atoms with Gasteiger partial charge in [0.25, 0.3) is 5.78 Å². The minimum Gasteiger partial charge on any atom is -0.355 e. The molecule has 9 nitrogen and oxygen atoms in total. The van der Waals surface area contributed by atoms with Crippen molar-refractivity contribution in [3.05, 3.63) is 34.1 Å². The molecule has 0 radical (unpaired) electrons.